The average Bonchev–Trinajstić information content (AvgIpc) is 3.08. The third kappa shape index (κ3) is 3.71. The number of primary amides is 1. The highest BCUT2D eigenvalue weighted by Crippen LogP contribution is 2.37. The van der Waals surface area contributed by atoms with Gasteiger partial charge in [0.2, 0.25) is 5.91 Å². The molecule has 1 aromatic rings. The molecule has 2 aliphatic rings. The fourth-order valence-corrected chi connectivity index (χ4v) is 3.43. The lowest BCUT2D eigenvalue weighted by Crippen LogP contribution is -2.45. The number of nitrogens with zero attached hydrogens (tertiary/aromatic N) is 1. The van der Waals surface area contributed by atoms with E-state index < -0.39 is 24.0 Å². The second kappa shape index (κ2) is 7.26. The molecule has 1 aromatic carbocycles. The lowest BCUT2D eigenvalue weighted by molar-refractivity contribution is -0.130. The Balaban J connectivity index is 1.79. The highest BCUT2D eigenvalue weighted by molar-refractivity contribution is 6.06. The molecule has 1 saturated heterocycles. The molecule has 0 spiro atoms. The van der Waals surface area contributed by atoms with Crippen molar-refractivity contribution in [2.75, 3.05) is 16.8 Å². The fourth-order valence-electron chi connectivity index (χ4n) is 3.43. The Hall–Kier alpha value is -3.10. The first-order valence-corrected chi connectivity index (χ1v) is 8.80. The van der Waals surface area contributed by atoms with E-state index in [1.807, 2.05) is 10.2 Å². The van der Waals surface area contributed by atoms with E-state index in [1.54, 1.807) is 26.0 Å². The first-order valence-electron chi connectivity index (χ1n) is 8.80. The number of esters is 1. The molecule has 0 aliphatic carbocycles. The Labute approximate surface area is 156 Å². The number of nitrogens with one attached hydrogen (secondary N) is 2. The number of rotatable bonds is 4. The molecule has 27 heavy (non-hydrogen) atoms. The van der Waals surface area contributed by atoms with Crippen molar-refractivity contribution >= 4 is 35.2 Å². The van der Waals surface area contributed by atoms with E-state index in [0.717, 1.165) is 25.1 Å². The molecular formula is C18H22N4O5. The van der Waals surface area contributed by atoms with E-state index in [4.69, 9.17) is 10.5 Å². The maximum Gasteiger partial charge on any atom is 0.338 e. The zero-order chi connectivity index (χ0) is 19.7. The van der Waals surface area contributed by atoms with Crippen LogP contribution in [0.5, 0.6) is 0 Å². The van der Waals surface area contributed by atoms with Gasteiger partial charge in [-0.1, -0.05) is 13.8 Å². The predicted octanol–water partition coefficient (Wildman–Crippen LogP) is 0.984. The summed E-state index contributed by atoms with van der Waals surface area (Å²) in [6.45, 7) is 4.15. The Morgan fingerprint density at radius 2 is 2.07 bits per heavy atom. The van der Waals surface area contributed by atoms with Crippen molar-refractivity contribution in [2.24, 2.45) is 11.7 Å². The van der Waals surface area contributed by atoms with Gasteiger partial charge >= 0.3 is 12.0 Å². The SMILES string of the molecule is CC(C)[C@@H](OC(=O)c1ccc2c(c1)NC(=O)[C@H]1CCCN21)C(=O)NC(N)=O. The van der Waals surface area contributed by atoms with Gasteiger partial charge in [0.25, 0.3) is 5.91 Å². The lowest BCUT2D eigenvalue weighted by Gasteiger charge is -2.33. The van der Waals surface area contributed by atoms with Gasteiger partial charge in [-0.2, -0.15) is 0 Å². The third-order valence-corrected chi connectivity index (χ3v) is 4.70. The van der Waals surface area contributed by atoms with Crippen LogP contribution in [0.4, 0.5) is 16.2 Å². The number of fused-ring (bicyclic) bond motifs is 3. The summed E-state index contributed by atoms with van der Waals surface area (Å²) < 4.78 is 5.28. The van der Waals surface area contributed by atoms with Crippen molar-refractivity contribution in [3.8, 4) is 0 Å². The van der Waals surface area contributed by atoms with Crippen LogP contribution < -0.4 is 21.3 Å². The predicted molar refractivity (Wildman–Crippen MR) is 97.2 cm³/mol. The molecule has 4 N–H and O–H groups in total. The van der Waals surface area contributed by atoms with Gasteiger partial charge < -0.3 is 20.7 Å². The second-order valence-electron chi connectivity index (χ2n) is 7.00. The first kappa shape index (κ1) is 18.7. The summed E-state index contributed by atoms with van der Waals surface area (Å²) in [5.74, 6) is -1.96. The Kier molecular flexibility index (Phi) is 5.02. The van der Waals surface area contributed by atoms with E-state index in [2.05, 4.69) is 5.32 Å². The molecule has 9 heteroatoms. The lowest BCUT2D eigenvalue weighted by atomic mass is 10.1. The van der Waals surface area contributed by atoms with Crippen molar-refractivity contribution in [1.29, 1.82) is 0 Å². The molecule has 0 saturated carbocycles. The van der Waals surface area contributed by atoms with Crippen LogP contribution in [0.1, 0.15) is 37.0 Å². The van der Waals surface area contributed by atoms with Gasteiger partial charge in [-0.3, -0.25) is 14.9 Å². The van der Waals surface area contributed by atoms with Gasteiger partial charge in [0.15, 0.2) is 6.10 Å². The van der Waals surface area contributed by atoms with Crippen LogP contribution in [0, 0.1) is 5.92 Å². The number of imide groups is 1. The number of nitrogens with two attached hydrogens (primary N) is 1. The normalized spacial score (nSPS) is 19.0. The van der Waals surface area contributed by atoms with Gasteiger partial charge in [0, 0.05) is 6.54 Å². The number of benzene rings is 1. The summed E-state index contributed by atoms with van der Waals surface area (Å²) in [6.07, 6.45) is 0.575. The smallest absolute Gasteiger partial charge is 0.338 e. The number of carbonyl (C=O) groups is 4. The van der Waals surface area contributed by atoms with Gasteiger partial charge in [-0.25, -0.2) is 9.59 Å². The van der Waals surface area contributed by atoms with Crippen molar-refractivity contribution in [2.45, 2.75) is 38.8 Å². The topological polar surface area (TPSA) is 131 Å². The van der Waals surface area contributed by atoms with E-state index in [0.29, 0.717) is 5.69 Å². The molecule has 9 nitrogen and oxygen atoms in total. The molecule has 4 amide bonds. The van der Waals surface area contributed by atoms with Crippen LogP contribution in [0.25, 0.3) is 0 Å². The number of urea groups is 1. The van der Waals surface area contributed by atoms with Crippen LogP contribution in [0.15, 0.2) is 18.2 Å². The standard InChI is InChI=1S/C18H22N4O5/c1-9(2)14(16(24)21-18(19)26)27-17(25)10-5-6-12-11(8-10)20-15(23)13-4-3-7-22(12)13/h5-6,8-9,13-14H,3-4,7H2,1-2H3,(H,20,23)(H3,19,21,24,26)/t13-,14-/m1/s1. The molecule has 0 unspecified atom stereocenters. The van der Waals surface area contributed by atoms with Crippen molar-refractivity contribution < 1.29 is 23.9 Å². The monoisotopic (exact) mass is 374 g/mol. The van der Waals surface area contributed by atoms with Crippen LogP contribution in [0.2, 0.25) is 0 Å². The summed E-state index contributed by atoms with van der Waals surface area (Å²) in [5, 5.41) is 4.74. The average molecular weight is 374 g/mol. The highest BCUT2D eigenvalue weighted by Gasteiger charge is 2.36. The molecule has 2 atom stereocenters. The van der Waals surface area contributed by atoms with E-state index >= 15 is 0 Å². The number of hydrogen-bond donors (Lipinski definition) is 3. The molecule has 2 heterocycles. The number of amides is 4. The van der Waals surface area contributed by atoms with Gasteiger partial charge in [0.05, 0.1) is 16.9 Å². The molecule has 1 fully saturated rings. The molecule has 0 aromatic heterocycles. The maximum atomic E-state index is 12.5. The second-order valence-corrected chi connectivity index (χ2v) is 7.00. The number of carbonyl (C=O) groups excluding carboxylic acids is 4. The van der Waals surface area contributed by atoms with Gasteiger partial charge in [-0.05, 0) is 37.0 Å². The minimum absolute atomic E-state index is 0.0913. The van der Waals surface area contributed by atoms with Gasteiger partial charge in [0.1, 0.15) is 6.04 Å². The van der Waals surface area contributed by atoms with E-state index in [9.17, 15) is 19.2 Å². The van der Waals surface area contributed by atoms with Crippen molar-refractivity contribution in [1.82, 2.24) is 5.32 Å². The quantitative estimate of drug-likeness (QED) is 0.674. The maximum absolute atomic E-state index is 12.5. The van der Waals surface area contributed by atoms with Crippen LogP contribution in [-0.4, -0.2) is 42.5 Å². The summed E-state index contributed by atoms with van der Waals surface area (Å²) in [5.41, 5.74) is 6.55. The number of anilines is 2. The molecule has 144 valence electrons. The minimum atomic E-state index is -1.17. The number of hydrogen-bond acceptors (Lipinski definition) is 6. The molecular weight excluding hydrogens is 352 g/mol. The summed E-state index contributed by atoms with van der Waals surface area (Å²) >= 11 is 0. The molecule has 0 bridgehead atoms. The Morgan fingerprint density at radius 1 is 1.33 bits per heavy atom. The third-order valence-electron chi connectivity index (χ3n) is 4.70. The minimum Gasteiger partial charge on any atom is -0.448 e. The van der Waals surface area contributed by atoms with E-state index in [-0.39, 0.29) is 23.4 Å². The van der Waals surface area contributed by atoms with Crippen LogP contribution in [-0.2, 0) is 14.3 Å². The highest BCUT2D eigenvalue weighted by atomic mass is 16.5. The van der Waals surface area contributed by atoms with Crippen LogP contribution in [0.3, 0.4) is 0 Å². The van der Waals surface area contributed by atoms with Crippen molar-refractivity contribution in [3.05, 3.63) is 23.8 Å². The largest absolute Gasteiger partial charge is 0.448 e. The molecule has 0 radical (unpaired) electrons. The number of ether oxygens (including phenoxy) is 1. The fraction of sp³-hybridized carbons (Fsp3) is 0.444. The summed E-state index contributed by atoms with van der Waals surface area (Å²) in [6, 6.07) is 3.71. The van der Waals surface area contributed by atoms with Crippen LogP contribution >= 0.6 is 0 Å². The Morgan fingerprint density at radius 3 is 2.74 bits per heavy atom. The zero-order valence-electron chi connectivity index (χ0n) is 15.2. The van der Waals surface area contributed by atoms with Gasteiger partial charge in [-0.15, -0.1) is 0 Å². The molecule has 3 rings (SSSR count). The first-order chi connectivity index (χ1) is 12.8. The van der Waals surface area contributed by atoms with Crippen molar-refractivity contribution in [3.63, 3.8) is 0 Å². The van der Waals surface area contributed by atoms with E-state index in [1.165, 1.54) is 6.07 Å². The molecule has 2 aliphatic heterocycles. The summed E-state index contributed by atoms with van der Waals surface area (Å²) in [7, 11) is 0. The zero-order valence-corrected chi connectivity index (χ0v) is 15.2. The Bertz CT molecular complexity index is 807. The summed E-state index contributed by atoms with van der Waals surface area (Å²) in [4.78, 5) is 49.6.